The van der Waals surface area contributed by atoms with Gasteiger partial charge in [0.05, 0.1) is 12.8 Å². The number of nitrogens with zero attached hydrogens (tertiary/aromatic N) is 3. The normalized spacial score (nSPS) is 17.8. The third-order valence-electron chi connectivity index (χ3n) is 6.57. The Kier molecular flexibility index (Phi) is 7.13. The van der Waals surface area contributed by atoms with E-state index < -0.39 is 0 Å². The van der Waals surface area contributed by atoms with Crippen molar-refractivity contribution in [3.8, 4) is 0 Å². The first-order valence-electron chi connectivity index (χ1n) is 11.6. The number of amides is 3. The molecule has 4 rings (SSSR count). The van der Waals surface area contributed by atoms with Gasteiger partial charge in [-0.25, -0.2) is 0 Å². The zero-order valence-corrected chi connectivity index (χ0v) is 19.4. The summed E-state index contributed by atoms with van der Waals surface area (Å²) in [7, 11) is 0. The summed E-state index contributed by atoms with van der Waals surface area (Å²) >= 11 is 0. The average molecular weight is 453 g/mol. The van der Waals surface area contributed by atoms with E-state index >= 15 is 0 Å². The minimum absolute atomic E-state index is 0.0176. The zero-order valence-electron chi connectivity index (χ0n) is 19.4. The molecule has 1 N–H and O–H groups in total. The third-order valence-corrected chi connectivity index (χ3v) is 6.57. The highest BCUT2D eigenvalue weighted by molar-refractivity contribution is 5.93. The minimum Gasteiger partial charge on any atom is -0.459 e. The Morgan fingerprint density at radius 3 is 2.30 bits per heavy atom. The molecule has 2 saturated heterocycles. The van der Waals surface area contributed by atoms with Gasteiger partial charge in [-0.2, -0.15) is 0 Å². The van der Waals surface area contributed by atoms with Crippen molar-refractivity contribution >= 4 is 23.4 Å². The molecule has 3 amide bonds. The van der Waals surface area contributed by atoms with E-state index in [1.165, 1.54) is 11.8 Å². The number of carbonyl (C=O) groups excluding carboxylic acids is 3. The molecule has 0 atom stereocenters. The number of likely N-dealkylation sites (tertiary alicyclic amines) is 1. The summed E-state index contributed by atoms with van der Waals surface area (Å²) in [5, 5.41) is 3.00. The van der Waals surface area contributed by atoms with Gasteiger partial charge in [0.1, 0.15) is 0 Å². The first-order valence-corrected chi connectivity index (χ1v) is 11.6. The number of benzene rings is 1. The molecular weight excluding hydrogens is 420 g/mol. The number of furan rings is 1. The Bertz CT molecular complexity index is 988. The Balaban J connectivity index is 1.20. The van der Waals surface area contributed by atoms with Crippen LogP contribution in [0.1, 0.15) is 34.5 Å². The molecule has 8 heteroatoms. The SMILES string of the molecule is Cc1ccc(NC(=O)CN2CCC(C(=O)N3CCN(C(=O)c4ccco4)CC3)CC2)c(C)c1. The summed E-state index contributed by atoms with van der Waals surface area (Å²) < 4.78 is 5.19. The second-order valence-corrected chi connectivity index (χ2v) is 9.01. The van der Waals surface area contributed by atoms with Gasteiger partial charge in [0, 0.05) is 37.8 Å². The number of piperazine rings is 1. The van der Waals surface area contributed by atoms with Gasteiger partial charge in [-0.1, -0.05) is 17.7 Å². The maximum Gasteiger partial charge on any atom is 0.289 e. The van der Waals surface area contributed by atoms with Crippen LogP contribution in [-0.4, -0.2) is 78.2 Å². The molecule has 176 valence electrons. The number of hydrogen-bond donors (Lipinski definition) is 1. The molecule has 0 radical (unpaired) electrons. The summed E-state index contributed by atoms with van der Waals surface area (Å²) in [6.45, 7) is 7.94. The van der Waals surface area contributed by atoms with Crippen molar-refractivity contribution in [2.45, 2.75) is 26.7 Å². The molecular formula is C25H32N4O4. The molecule has 1 aromatic heterocycles. The van der Waals surface area contributed by atoms with Gasteiger partial charge in [-0.3, -0.25) is 19.3 Å². The van der Waals surface area contributed by atoms with Gasteiger partial charge in [0.15, 0.2) is 5.76 Å². The van der Waals surface area contributed by atoms with Crippen molar-refractivity contribution in [2.75, 3.05) is 51.1 Å². The quantitative estimate of drug-likeness (QED) is 0.754. The number of carbonyl (C=O) groups is 3. The largest absolute Gasteiger partial charge is 0.459 e. The van der Waals surface area contributed by atoms with Gasteiger partial charge in [0.2, 0.25) is 11.8 Å². The van der Waals surface area contributed by atoms with E-state index in [0.29, 0.717) is 38.5 Å². The Hall–Kier alpha value is -3.13. The second-order valence-electron chi connectivity index (χ2n) is 9.01. The Morgan fingerprint density at radius 1 is 0.970 bits per heavy atom. The van der Waals surface area contributed by atoms with Crippen molar-refractivity contribution in [1.82, 2.24) is 14.7 Å². The summed E-state index contributed by atoms with van der Waals surface area (Å²) in [4.78, 5) is 43.6. The first-order chi connectivity index (χ1) is 15.9. The van der Waals surface area contributed by atoms with Gasteiger partial charge >= 0.3 is 0 Å². The fourth-order valence-corrected chi connectivity index (χ4v) is 4.63. The maximum absolute atomic E-state index is 13.0. The number of rotatable bonds is 5. The van der Waals surface area contributed by atoms with Crippen LogP contribution in [-0.2, 0) is 9.59 Å². The molecule has 0 unspecified atom stereocenters. The highest BCUT2D eigenvalue weighted by atomic mass is 16.3. The van der Waals surface area contributed by atoms with E-state index in [1.807, 2.05) is 30.9 Å². The van der Waals surface area contributed by atoms with Gasteiger partial charge < -0.3 is 19.5 Å². The standard InChI is InChI=1S/C25H32N4O4/c1-18-5-6-21(19(2)16-18)26-23(30)17-27-9-7-20(8-10-27)24(31)28-11-13-29(14-12-28)25(32)22-4-3-15-33-22/h3-6,15-16,20H,7-14,17H2,1-2H3,(H,26,30). The lowest BCUT2D eigenvalue weighted by Gasteiger charge is -2.38. The van der Waals surface area contributed by atoms with E-state index in [2.05, 4.69) is 16.3 Å². The van der Waals surface area contributed by atoms with Crippen molar-refractivity contribution in [1.29, 1.82) is 0 Å². The number of aryl methyl sites for hydroxylation is 2. The van der Waals surface area contributed by atoms with Crippen LogP contribution in [0.25, 0.3) is 0 Å². The summed E-state index contributed by atoms with van der Waals surface area (Å²) in [5.74, 6) is 0.336. The van der Waals surface area contributed by atoms with Crippen LogP contribution in [0.15, 0.2) is 41.0 Å². The lowest BCUT2D eigenvalue weighted by molar-refractivity contribution is -0.138. The van der Waals surface area contributed by atoms with Gasteiger partial charge in [-0.05, 0) is 63.5 Å². The van der Waals surface area contributed by atoms with Crippen LogP contribution in [0.2, 0.25) is 0 Å². The van der Waals surface area contributed by atoms with E-state index in [4.69, 9.17) is 4.42 Å². The molecule has 2 fully saturated rings. The van der Waals surface area contributed by atoms with Crippen LogP contribution in [0, 0.1) is 19.8 Å². The van der Waals surface area contributed by atoms with Crippen LogP contribution >= 0.6 is 0 Å². The van der Waals surface area contributed by atoms with E-state index in [-0.39, 0.29) is 23.6 Å². The number of nitrogens with one attached hydrogen (secondary N) is 1. The fourth-order valence-electron chi connectivity index (χ4n) is 4.63. The molecule has 2 aromatic rings. The molecule has 1 aromatic carbocycles. The number of anilines is 1. The molecule has 2 aliphatic rings. The summed E-state index contributed by atoms with van der Waals surface area (Å²) in [5.41, 5.74) is 3.07. The molecule has 2 aliphatic heterocycles. The van der Waals surface area contributed by atoms with E-state index in [9.17, 15) is 14.4 Å². The third kappa shape index (κ3) is 5.63. The molecule has 0 spiro atoms. The highest BCUT2D eigenvalue weighted by Gasteiger charge is 2.32. The predicted molar refractivity (Wildman–Crippen MR) is 125 cm³/mol. The maximum atomic E-state index is 13.0. The van der Waals surface area contributed by atoms with Crippen LogP contribution in [0.3, 0.4) is 0 Å². The summed E-state index contributed by atoms with van der Waals surface area (Å²) in [6.07, 6.45) is 3.00. The van der Waals surface area contributed by atoms with Crippen LogP contribution in [0.4, 0.5) is 5.69 Å². The highest BCUT2D eigenvalue weighted by Crippen LogP contribution is 2.22. The van der Waals surface area contributed by atoms with E-state index in [0.717, 1.165) is 37.2 Å². The molecule has 0 aliphatic carbocycles. The first kappa shape index (κ1) is 23.0. The minimum atomic E-state index is -0.125. The average Bonchev–Trinajstić information content (AvgIpc) is 3.36. The monoisotopic (exact) mass is 452 g/mol. The number of hydrogen-bond acceptors (Lipinski definition) is 5. The topological polar surface area (TPSA) is 86.1 Å². The van der Waals surface area contributed by atoms with Crippen LogP contribution < -0.4 is 5.32 Å². The van der Waals surface area contributed by atoms with Crippen molar-refractivity contribution in [3.05, 3.63) is 53.5 Å². The van der Waals surface area contributed by atoms with Gasteiger partial charge in [0.25, 0.3) is 5.91 Å². The smallest absolute Gasteiger partial charge is 0.289 e. The lowest BCUT2D eigenvalue weighted by atomic mass is 9.95. The Morgan fingerprint density at radius 2 is 1.67 bits per heavy atom. The lowest BCUT2D eigenvalue weighted by Crippen LogP contribution is -2.53. The van der Waals surface area contributed by atoms with Crippen molar-refractivity contribution < 1.29 is 18.8 Å². The van der Waals surface area contributed by atoms with Crippen molar-refractivity contribution in [2.24, 2.45) is 5.92 Å². The fraction of sp³-hybridized carbons (Fsp3) is 0.480. The molecule has 3 heterocycles. The van der Waals surface area contributed by atoms with E-state index in [1.54, 1.807) is 17.0 Å². The molecule has 8 nitrogen and oxygen atoms in total. The van der Waals surface area contributed by atoms with Gasteiger partial charge in [-0.15, -0.1) is 0 Å². The Labute approximate surface area is 194 Å². The van der Waals surface area contributed by atoms with Crippen LogP contribution in [0.5, 0.6) is 0 Å². The molecule has 33 heavy (non-hydrogen) atoms. The molecule has 0 bridgehead atoms. The zero-order chi connectivity index (χ0) is 23.4. The predicted octanol–water partition coefficient (Wildman–Crippen LogP) is 2.53. The van der Waals surface area contributed by atoms with Crippen molar-refractivity contribution in [3.63, 3.8) is 0 Å². The second kappa shape index (κ2) is 10.2. The number of piperidine rings is 1. The summed E-state index contributed by atoms with van der Waals surface area (Å²) in [6, 6.07) is 9.35. The molecule has 0 saturated carbocycles.